The van der Waals surface area contributed by atoms with Gasteiger partial charge in [0.25, 0.3) is 0 Å². The Hall–Kier alpha value is -1.51. The summed E-state index contributed by atoms with van der Waals surface area (Å²) in [4.78, 5) is 38.8. The lowest BCUT2D eigenvalue weighted by Crippen LogP contribution is -2.30. The highest BCUT2D eigenvalue weighted by molar-refractivity contribution is 5.85. The van der Waals surface area contributed by atoms with Gasteiger partial charge in [0, 0.05) is 12.8 Å². The van der Waals surface area contributed by atoms with Gasteiger partial charge in [0.2, 0.25) is 0 Å². The van der Waals surface area contributed by atoms with Crippen LogP contribution in [0.2, 0.25) is 0 Å². The van der Waals surface area contributed by atoms with Crippen LogP contribution in [-0.2, 0) is 19.2 Å². The van der Waals surface area contributed by atoms with E-state index >= 15 is 0 Å². The van der Waals surface area contributed by atoms with Crippen molar-refractivity contribution in [2.45, 2.75) is 24.9 Å². The van der Waals surface area contributed by atoms with Crippen LogP contribution in [0, 0.1) is 0 Å². The molecule has 9 heteroatoms. The third-order valence-corrected chi connectivity index (χ3v) is 1.33. The summed E-state index contributed by atoms with van der Waals surface area (Å²) < 4.78 is 0. The van der Waals surface area contributed by atoms with Crippen molar-refractivity contribution in [3.05, 3.63) is 0 Å². The number of aliphatic carboxylic acids is 2. The molecule has 2 unspecified atom stereocenters. The number of carboxylic acid groups (broad SMARTS) is 2. The summed E-state index contributed by atoms with van der Waals surface area (Å²) in [6.07, 6.45) is 0.738. The van der Waals surface area contributed by atoms with E-state index in [-0.39, 0.29) is 25.2 Å². The predicted molar refractivity (Wildman–Crippen MR) is 59.8 cm³/mol. The SMILES string of the molecule is Cl.NC(CC=O)C(=O)O.NC(CC=O)C(=O)O. The third kappa shape index (κ3) is 14.5. The lowest BCUT2D eigenvalue weighted by molar-refractivity contribution is -0.140. The van der Waals surface area contributed by atoms with Crippen LogP contribution in [-0.4, -0.2) is 46.8 Å². The van der Waals surface area contributed by atoms with Gasteiger partial charge in [0.05, 0.1) is 0 Å². The second-order valence-corrected chi connectivity index (χ2v) is 2.69. The summed E-state index contributed by atoms with van der Waals surface area (Å²) in [6.45, 7) is 0. The summed E-state index contributed by atoms with van der Waals surface area (Å²) in [5.41, 5.74) is 9.79. The van der Waals surface area contributed by atoms with Crippen molar-refractivity contribution in [1.29, 1.82) is 0 Å². The molecule has 0 radical (unpaired) electrons. The molecule has 0 aliphatic heterocycles. The topological polar surface area (TPSA) is 161 Å². The van der Waals surface area contributed by atoms with Gasteiger partial charge in [-0.05, 0) is 0 Å². The molecule has 2 atom stereocenters. The fourth-order valence-electron chi connectivity index (χ4n) is 0.409. The van der Waals surface area contributed by atoms with E-state index in [0.29, 0.717) is 12.6 Å². The minimum Gasteiger partial charge on any atom is -0.480 e. The van der Waals surface area contributed by atoms with Crippen LogP contribution in [0.15, 0.2) is 0 Å². The van der Waals surface area contributed by atoms with Crippen LogP contribution < -0.4 is 11.5 Å². The number of aldehydes is 2. The van der Waals surface area contributed by atoms with Crippen LogP contribution >= 0.6 is 12.4 Å². The monoisotopic (exact) mass is 270 g/mol. The molecule has 0 saturated carbocycles. The van der Waals surface area contributed by atoms with Crippen molar-refractivity contribution < 1.29 is 29.4 Å². The van der Waals surface area contributed by atoms with Gasteiger partial charge in [-0.3, -0.25) is 9.59 Å². The van der Waals surface area contributed by atoms with Crippen LogP contribution in [0.1, 0.15) is 12.8 Å². The molecular weight excluding hydrogens is 256 g/mol. The number of rotatable bonds is 6. The van der Waals surface area contributed by atoms with E-state index < -0.39 is 24.0 Å². The first-order valence-corrected chi connectivity index (χ1v) is 4.20. The first-order valence-electron chi connectivity index (χ1n) is 4.20. The predicted octanol–water partition coefficient (Wildman–Crippen LogP) is -1.60. The van der Waals surface area contributed by atoms with E-state index in [2.05, 4.69) is 0 Å². The van der Waals surface area contributed by atoms with Gasteiger partial charge in [-0.25, -0.2) is 0 Å². The second kappa shape index (κ2) is 12.6. The van der Waals surface area contributed by atoms with E-state index in [4.69, 9.17) is 21.7 Å². The maximum atomic E-state index is 9.81. The molecule has 0 fully saturated rings. The van der Waals surface area contributed by atoms with Gasteiger partial charge < -0.3 is 31.3 Å². The van der Waals surface area contributed by atoms with Gasteiger partial charge in [0.15, 0.2) is 0 Å². The molecule has 0 spiro atoms. The molecule has 0 aromatic heterocycles. The lowest BCUT2D eigenvalue weighted by Gasteiger charge is -1.96. The van der Waals surface area contributed by atoms with Crippen LogP contribution in [0.4, 0.5) is 0 Å². The van der Waals surface area contributed by atoms with E-state index in [9.17, 15) is 19.2 Å². The fraction of sp³-hybridized carbons (Fsp3) is 0.500. The van der Waals surface area contributed by atoms with Crippen molar-refractivity contribution in [2.75, 3.05) is 0 Å². The van der Waals surface area contributed by atoms with Gasteiger partial charge in [-0.15, -0.1) is 12.4 Å². The minimum absolute atomic E-state index is 0. The van der Waals surface area contributed by atoms with Crippen molar-refractivity contribution >= 4 is 36.9 Å². The minimum atomic E-state index is -1.14. The zero-order valence-electron chi connectivity index (χ0n) is 8.81. The van der Waals surface area contributed by atoms with Crippen LogP contribution in [0.5, 0.6) is 0 Å². The zero-order chi connectivity index (χ0) is 13.1. The summed E-state index contributed by atoms with van der Waals surface area (Å²) in [5.74, 6) is -2.28. The van der Waals surface area contributed by atoms with E-state index in [0.717, 1.165) is 0 Å². The molecule has 17 heavy (non-hydrogen) atoms. The number of hydrogen-bond acceptors (Lipinski definition) is 6. The number of carbonyl (C=O) groups excluding carboxylic acids is 2. The number of carbonyl (C=O) groups is 4. The van der Waals surface area contributed by atoms with Gasteiger partial charge in [-0.1, -0.05) is 0 Å². The highest BCUT2D eigenvalue weighted by atomic mass is 35.5. The average molecular weight is 271 g/mol. The maximum absolute atomic E-state index is 9.81. The Morgan fingerprint density at radius 1 is 0.941 bits per heavy atom. The molecule has 6 N–H and O–H groups in total. The molecule has 100 valence electrons. The van der Waals surface area contributed by atoms with Gasteiger partial charge in [0.1, 0.15) is 24.7 Å². The maximum Gasteiger partial charge on any atom is 0.320 e. The number of nitrogens with two attached hydrogens (primary N) is 2. The van der Waals surface area contributed by atoms with Crippen LogP contribution in [0.3, 0.4) is 0 Å². The van der Waals surface area contributed by atoms with E-state index in [1.807, 2.05) is 0 Å². The van der Waals surface area contributed by atoms with E-state index in [1.54, 1.807) is 0 Å². The second-order valence-electron chi connectivity index (χ2n) is 2.69. The number of hydrogen-bond donors (Lipinski definition) is 4. The standard InChI is InChI=1S/2C4H7NO3.ClH/c2*5-3(1-2-6)4(7)8;/h2*2-3H,1,5H2,(H,7,8);1H. The largest absolute Gasteiger partial charge is 0.480 e. The first kappa shape index (κ1) is 20.8. The molecule has 0 bridgehead atoms. The number of carboxylic acids is 2. The molecule has 0 amide bonds. The van der Waals surface area contributed by atoms with Crippen LogP contribution in [0.25, 0.3) is 0 Å². The van der Waals surface area contributed by atoms with Crippen molar-refractivity contribution in [3.63, 3.8) is 0 Å². The molecule has 0 heterocycles. The molecule has 0 aromatic rings. The summed E-state index contributed by atoms with van der Waals surface area (Å²) in [7, 11) is 0. The smallest absolute Gasteiger partial charge is 0.320 e. The van der Waals surface area contributed by atoms with E-state index in [1.165, 1.54) is 0 Å². The molecule has 0 aromatic carbocycles. The van der Waals surface area contributed by atoms with Crippen molar-refractivity contribution in [3.8, 4) is 0 Å². The fourth-order valence-corrected chi connectivity index (χ4v) is 0.409. The lowest BCUT2D eigenvalue weighted by atomic mass is 10.2. The molecule has 0 rings (SSSR count). The molecule has 0 aliphatic rings. The Balaban J connectivity index is -0.000000218. The third-order valence-electron chi connectivity index (χ3n) is 1.33. The highest BCUT2D eigenvalue weighted by Crippen LogP contribution is 1.81. The van der Waals surface area contributed by atoms with Crippen molar-refractivity contribution in [1.82, 2.24) is 0 Å². The highest BCUT2D eigenvalue weighted by Gasteiger charge is 2.09. The Kier molecular flexibility index (Phi) is 15.4. The first-order chi connectivity index (χ1) is 7.36. The summed E-state index contributed by atoms with van der Waals surface area (Å²) >= 11 is 0. The molecule has 0 saturated heterocycles. The van der Waals surface area contributed by atoms with Gasteiger partial charge >= 0.3 is 11.9 Å². The average Bonchev–Trinajstić information content (AvgIpc) is 2.19. The summed E-state index contributed by atoms with van der Waals surface area (Å²) in [6, 6.07) is -2.07. The molecular formula is C8H15ClN2O6. The Bertz CT molecular complexity index is 234. The number of halogens is 1. The van der Waals surface area contributed by atoms with Crippen molar-refractivity contribution in [2.24, 2.45) is 11.5 Å². The molecule has 0 aliphatic carbocycles. The Morgan fingerprint density at radius 3 is 1.24 bits per heavy atom. The normalized spacial score (nSPS) is 11.9. The molecule has 8 nitrogen and oxygen atoms in total. The zero-order valence-corrected chi connectivity index (χ0v) is 9.63. The Labute approximate surface area is 103 Å². The summed E-state index contributed by atoms with van der Waals surface area (Å²) in [5, 5.41) is 16.1. The Morgan fingerprint density at radius 2 is 1.18 bits per heavy atom. The van der Waals surface area contributed by atoms with Gasteiger partial charge in [-0.2, -0.15) is 0 Å². The quantitative estimate of drug-likeness (QED) is 0.419.